The first-order valence-corrected chi connectivity index (χ1v) is 7.86. The third-order valence-corrected chi connectivity index (χ3v) is 5.19. The normalized spacial score (nSPS) is 40.2. The first-order valence-electron chi connectivity index (χ1n) is 7.86. The van der Waals surface area contributed by atoms with E-state index in [4.69, 9.17) is 4.74 Å². The molecule has 3 unspecified atom stereocenters. The van der Waals surface area contributed by atoms with Crippen LogP contribution in [0.1, 0.15) is 64.2 Å². The standard InChI is InChI=1S/C15H27NO2/c17-14-6-2-1-5-13(14)16-12-7-10-18-15(11-12)8-3-4-9-15/h12-14,16-17H,1-11H2. The highest BCUT2D eigenvalue weighted by atomic mass is 16.5. The summed E-state index contributed by atoms with van der Waals surface area (Å²) >= 11 is 0. The molecule has 2 saturated carbocycles. The van der Waals surface area contributed by atoms with Crippen LogP contribution in [0.5, 0.6) is 0 Å². The summed E-state index contributed by atoms with van der Waals surface area (Å²) in [4.78, 5) is 0. The van der Waals surface area contributed by atoms with Crippen LogP contribution in [0.15, 0.2) is 0 Å². The fourth-order valence-electron chi connectivity index (χ4n) is 4.15. The zero-order valence-corrected chi connectivity index (χ0v) is 11.4. The Kier molecular flexibility index (Phi) is 3.92. The second-order valence-electron chi connectivity index (χ2n) is 6.55. The van der Waals surface area contributed by atoms with Crippen molar-refractivity contribution in [1.29, 1.82) is 0 Å². The average Bonchev–Trinajstić information content (AvgIpc) is 2.80. The van der Waals surface area contributed by atoms with Gasteiger partial charge in [0.1, 0.15) is 0 Å². The Morgan fingerprint density at radius 3 is 2.56 bits per heavy atom. The topological polar surface area (TPSA) is 41.5 Å². The van der Waals surface area contributed by atoms with Crippen molar-refractivity contribution in [2.45, 2.75) is 88.0 Å². The second kappa shape index (κ2) is 5.48. The average molecular weight is 253 g/mol. The van der Waals surface area contributed by atoms with Gasteiger partial charge in [-0.15, -0.1) is 0 Å². The molecule has 3 rings (SSSR count). The van der Waals surface area contributed by atoms with Crippen molar-refractivity contribution in [1.82, 2.24) is 5.32 Å². The Labute approximate surface area is 110 Å². The highest BCUT2D eigenvalue weighted by Gasteiger charge is 2.40. The third kappa shape index (κ3) is 2.73. The molecule has 3 fully saturated rings. The van der Waals surface area contributed by atoms with Crippen LogP contribution in [0.4, 0.5) is 0 Å². The Hall–Kier alpha value is -0.120. The van der Waals surface area contributed by atoms with Gasteiger partial charge in [0.15, 0.2) is 0 Å². The van der Waals surface area contributed by atoms with Gasteiger partial charge in [0, 0.05) is 18.7 Å². The van der Waals surface area contributed by atoms with Crippen molar-refractivity contribution in [3.63, 3.8) is 0 Å². The predicted octanol–water partition coefficient (Wildman–Crippen LogP) is 2.37. The number of hydrogen-bond acceptors (Lipinski definition) is 3. The summed E-state index contributed by atoms with van der Waals surface area (Å²) in [5, 5.41) is 13.8. The Morgan fingerprint density at radius 2 is 1.78 bits per heavy atom. The maximum absolute atomic E-state index is 10.1. The van der Waals surface area contributed by atoms with Crippen LogP contribution in [-0.4, -0.2) is 35.5 Å². The zero-order valence-electron chi connectivity index (χ0n) is 11.4. The van der Waals surface area contributed by atoms with E-state index in [9.17, 15) is 5.11 Å². The third-order valence-electron chi connectivity index (χ3n) is 5.19. The minimum absolute atomic E-state index is 0.124. The number of aliphatic hydroxyl groups is 1. The molecule has 3 aliphatic rings. The first-order chi connectivity index (χ1) is 8.77. The summed E-state index contributed by atoms with van der Waals surface area (Å²) in [6, 6.07) is 0.898. The molecule has 18 heavy (non-hydrogen) atoms. The molecule has 1 saturated heterocycles. The van der Waals surface area contributed by atoms with Crippen LogP contribution < -0.4 is 5.32 Å². The minimum atomic E-state index is -0.124. The molecule has 0 aromatic rings. The second-order valence-corrected chi connectivity index (χ2v) is 6.55. The Bertz CT molecular complexity index is 276. The molecule has 0 bridgehead atoms. The van der Waals surface area contributed by atoms with Crippen LogP contribution in [0.25, 0.3) is 0 Å². The fourth-order valence-corrected chi connectivity index (χ4v) is 4.15. The van der Waals surface area contributed by atoms with Gasteiger partial charge in [-0.1, -0.05) is 25.7 Å². The molecule has 3 atom stereocenters. The molecular formula is C15H27NO2. The van der Waals surface area contributed by atoms with Crippen LogP contribution >= 0.6 is 0 Å². The van der Waals surface area contributed by atoms with Gasteiger partial charge in [-0.2, -0.15) is 0 Å². The molecule has 1 heterocycles. The molecule has 0 radical (unpaired) electrons. The van der Waals surface area contributed by atoms with E-state index in [1.807, 2.05) is 0 Å². The van der Waals surface area contributed by atoms with Crippen LogP contribution in [0.3, 0.4) is 0 Å². The van der Waals surface area contributed by atoms with Gasteiger partial charge >= 0.3 is 0 Å². The lowest BCUT2D eigenvalue weighted by Crippen LogP contribution is -2.52. The lowest BCUT2D eigenvalue weighted by Gasteiger charge is -2.41. The highest BCUT2D eigenvalue weighted by Crippen LogP contribution is 2.40. The van der Waals surface area contributed by atoms with Gasteiger partial charge in [-0.3, -0.25) is 0 Å². The van der Waals surface area contributed by atoms with Crippen molar-refractivity contribution < 1.29 is 9.84 Å². The van der Waals surface area contributed by atoms with Gasteiger partial charge in [-0.05, 0) is 38.5 Å². The fraction of sp³-hybridized carbons (Fsp3) is 1.00. The van der Waals surface area contributed by atoms with Crippen molar-refractivity contribution in [3.8, 4) is 0 Å². The highest BCUT2D eigenvalue weighted by molar-refractivity contribution is 4.95. The summed E-state index contributed by atoms with van der Waals surface area (Å²) in [5.74, 6) is 0. The monoisotopic (exact) mass is 253 g/mol. The van der Waals surface area contributed by atoms with Crippen molar-refractivity contribution in [2.24, 2.45) is 0 Å². The molecule has 0 amide bonds. The minimum Gasteiger partial charge on any atom is -0.392 e. The number of rotatable bonds is 2. The summed E-state index contributed by atoms with van der Waals surface area (Å²) < 4.78 is 6.07. The summed E-state index contributed by atoms with van der Waals surface area (Å²) in [5.41, 5.74) is 0.190. The largest absolute Gasteiger partial charge is 0.392 e. The van der Waals surface area contributed by atoms with Gasteiger partial charge in [0.05, 0.1) is 11.7 Å². The van der Waals surface area contributed by atoms with Crippen molar-refractivity contribution >= 4 is 0 Å². The summed E-state index contributed by atoms with van der Waals surface area (Å²) in [7, 11) is 0. The van der Waals surface area contributed by atoms with Gasteiger partial charge in [0.25, 0.3) is 0 Å². The lowest BCUT2D eigenvalue weighted by molar-refractivity contribution is -0.0871. The quantitative estimate of drug-likeness (QED) is 0.794. The molecule has 0 aromatic carbocycles. The van der Waals surface area contributed by atoms with Gasteiger partial charge < -0.3 is 15.2 Å². The maximum atomic E-state index is 10.1. The number of nitrogens with one attached hydrogen (secondary N) is 1. The molecule has 2 N–H and O–H groups in total. The summed E-state index contributed by atoms with van der Waals surface area (Å²) in [6.45, 7) is 0.903. The van der Waals surface area contributed by atoms with E-state index in [1.165, 1.54) is 38.5 Å². The zero-order chi connectivity index (χ0) is 12.4. The van der Waals surface area contributed by atoms with Crippen LogP contribution in [0.2, 0.25) is 0 Å². The molecule has 3 heteroatoms. The predicted molar refractivity (Wildman–Crippen MR) is 71.6 cm³/mol. The van der Waals surface area contributed by atoms with E-state index in [0.717, 1.165) is 32.3 Å². The number of aliphatic hydroxyl groups excluding tert-OH is 1. The SMILES string of the molecule is OC1CCCCC1NC1CCOC2(CCCC2)C1. The first kappa shape index (κ1) is 12.9. The molecule has 1 aliphatic heterocycles. The summed E-state index contributed by atoms with van der Waals surface area (Å²) in [6.07, 6.45) is 11.9. The molecular weight excluding hydrogens is 226 g/mol. The van der Waals surface area contributed by atoms with Gasteiger partial charge in [-0.25, -0.2) is 0 Å². The lowest BCUT2D eigenvalue weighted by atomic mass is 9.86. The number of ether oxygens (including phenoxy) is 1. The van der Waals surface area contributed by atoms with E-state index >= 15 is 0 Å². The Balaban J connectivity index is 1.55. The molecule has 3 nitrogen and oxygen atoms in total. The van der Waals surface area contributed by atoms with Crippen LogP contribution in [0, 0.1) is 0 Å². The molecule has 2 aliphatic carbocycles. The van der Waals surface area contributed by atoms with E-state index in [2.05, 4.69) is 5.32 Å². The van der Waals surface area contributed by atoms with E-state index < -0.39 is 0 Å². The number of hydrogen-bond donors (Lipinski definition) is 2. The smallest absolute Gasteiger partial charge is 0.0697 e. The molecule has 1 spiro atoms. The van der Waals surface area contributed by atoms with Crippen LogP contribution in [-0.2, 0) is 4.74 Å². The molecule has 104 valence electrons. The molecule has 0 aromatic heterocycles. The van der Waals surface area contributed by atoms with E-state index in [0.29, 0.717) is 12.1 Å². The van der Waals surface area contributed by atoms with E-state index in [-0.39, 0.29) is 11.7 Å². The van der Waals surface area contributed by atoms with E-state index in [1.54, 1.807) is 0 Å². The van der Waals surface area contributed by atoms with Gasteiger partial charge in [0.2, 0.25) is 0 Å². The van der Waals surface area contributed by atoms with Crippen molar-refractivity contribution in [3.05, 3.63) is 0 Å². The van der Waals surface area contributed by atoms with Crippen molar-refractivity contribution in [2.75, 3.05) is 6.61 Å². The Morgan fingerprint density at radius 1 is 1.00 bits per heavy atom. The maximum Gasteiger partial charge on any atom is 0.0697 e.